The van der Waals surface area contributed by atoms with Gasteiger partial charge in [-0.15, -0.1) is 0 Å². The summed E-state index contributed by atoms with van der Waals surface area (Å²) < 4.78 is 25.1. The number of aromatic nitrogens is 1. The fourth-order valence-corrected chi connectivity index (χ4v) is 4.09. The number of hydrogen-bond donors (Lipinski definition) is 0. The highest BCUT2D eigenvalue weighted by Crippen LogP contribution is 2.32. The van der Waals surface area contributed by atoms with E-state index in [4.69, 9.17) is 0 Å². The van der Waals surface area contributed by atoms with Gasteiger partial charge in [-0.05, 0) is 19.4 Å². The fourth-order valence-electron chi connectivity index (χ4n) is 3.22. The predicted octanol–water partition coefficient (Wildman–Crippen LogP) is 1.92. The van der Waals surface area contributed by atoms with E-state index in [1.165, 1.54) is 16.6 Å². The zero-order chi connectivity index (χ0) is 18.2. The number of sulfonamides is 1. The molecule has 0 aliphatic carbocycles. The molecular formula is C16H20N4O4S. The number of nitro benzene ring substituents is 1. The first-order valence-corrected chi connectivity index (χ1v) is 9.87. The van der Waals surface area contributed by atoms with Gasteiger partial charge in [0.2, 0.25) is 10.0 Å². The maximum atomic E-state index is 11.8. The summed E-state index contributed by atoms with van der Waals surface area (Å²) >= 11 is 0. The van der Waals surface area contributed by atoms with Gasteiger partial charge in [0, 0.05) is 49.0 Å². The van der Waals surface area contributed by atoms with Crippen LogP contribution in [0.4, 0.5) is 11.4 Å². The lowest BCUT2D eigenvalue weighted by Gasteiger charge is -2.24. The summed E-state index contributed by atoms with van der Waals surface area (Å²) in [6, 6.07) is 6.83. The van der Waals surface area contributed by atoms with Gasteiger partial charge in [-0.3, -0.25) is 10.1 Å². The summed E-state index contributed by atoms with van der Waals surface area (Å²) in [6.07, 6.45) is 1.92. The van der Waals surface area contributed by atoms with Gasteiger partial charge in [-0.25, -0.2) is 17.7 Å². The van der Waals surface area contributed by atoms with Gasteiger partial charge < -0.3 is 4.90 Å². The molecule has 8 nitrogen and oxygen atoms in total. The van der Waals surface area contributed by atoms with Crippen molar-refractivity contribution in [1.82, 2.24) is 9.29 Å². The number of non-ortho nitro benzene ring substituents is 1. The van der Waals surface area contributed by atoms with Crippen LogP contribution in [0, 0.1) is 17.0 Å². The predicted molar refractivity (Wildman–Crippen MR) is 96.4 cm³/mol. The quantitative estimate of drug-likeness (QED) is 0.610. The number of nitro groups is 1. The van der Waals surface area contributed by atoms with E-state index in [-0.39, 0.29) is 5.69 Å². The average Bonchev–Trinajstić information content (AvgIpc) is 2.79. The van der Waals surface area contributed by atoms with Crippen molar-refractivity contribution in [3.63, 3.8) is 0 Å². The molecule has 0 unspecified atom stereocenters. The van der Waals surface area contributed by atoms with Crippen LogP contribution in [-0.4, -0.2) is 55.1 Å². The SMILES string of the molecule is Cc1cc(N2CCCN(S(C)(=O)=O)CC2)c2cccc([N+](=O)[O-])c2n1. The Hall–Kier alpha value is -2.26. The summed E-state index contributed by atoms with van der Waals surface area (Å²) in [7, 11) is -3.22. The summed E-state index contributed by atoms with van der Waals surface area (Å²) in [5.74, 6) is 0. The molecule has 3 rings (SSSR count). The van der Waals surface area contributed by atoms with Crippen molar-refractivity contribution in [2.75, 3.05) is 37.3 Å². The molecular weight excluding hydrogens is 344 g/mol. The number of hydrogen-bond acceptors (Lipinski definition) is 6. The van der Waals surface area contributed by atoms with E-state index in [1.807, 2.05) is 12.1 Å². The fraction of sp³-hybridized carbons (Fsp3) is 0.438. The molecule has 0 N–H and O–H groups in total. The highest BCUT2D eigenvalue weighted by molar-refractivity contribution is 7.88. The van der Waals surface area contributed by atoms with Gasteiger partial charge in [-0.2, -0.15) is 0 Å². The number of pyridine rings is 1. The first-order chi connectivity index (χ1) is 11.8. The van der Waals surface area contributed by atoms with E-state index in [2.05, 4.69) is 9.88 Å². The Labute approximate surface area is 146 Å². The van der Waals surface area contributed by atoms with Gasteiger partial charge in [-0.1, -0.05) is 12.1 Å². The van der Waals surface area contributed by atoms with Crippen LogP contribution >= 0.6 is 0 Å². The third-order valence-corrected chi connectivity index (χ3v) is 5.69. The van der Waals surface area contributed by atoms with Crippen LogP contribution in [0.15, 0.2) is 24.3 Å². The molecule has 2 heterocycles. The molecule has 1 aliphatic rings. The Balaban J connectivity index is 2.04. The monoisotopic (exact) mass is 364 g/mol. The number of fused-ring (bicyclic) bond motifs is 1. The number of para-hydroxylation sites is 1. The van der Waals surface area contributed by atoms with E-state index < -0.39 is 14.9 Å². The normalized spacial score (nSPS) is 16.8. The lowest BCUT2D eigenvalue weighted by atomic mass is 10.1. The van der Waals surface area contributed by atoms with E-state index in [1.54, 1.807) is 13.0 Å². The second-order valence-corrected chi connectivity index (χ2v) is 8.20. The number of benzene rings is 1. The third-order valence-electron chi connectivity index (χ3n) is 4.39. The molecule has 134 valence electrons. The van der Waals surface area contributed by atoms with Crippen LogP contribution in [-0.2, 0) is 10.0 Å². The molecule has 1 aromatic heterocycles. The summed E-state index contributed by atoms with van der Waals surface area (Å²) in [6.45, 7) is 3.91. The molecule has 1 saturated heterocycles. The number of rotatable bonds is 3. The second kappa shape index (κ2) is 6.57. The van der Waals surface area contributed by atoms with Crippen LogP contribution in [0.5, 0.6) is 0 Å². The molecule has 0 saturated carbocycles. The molecule has 2 aromatic rings. The highest BCUT2D eigenvalue weighted by atomic mass is 32.2. The molecule has 0 bridgehead atoms. The Kier molecular flexibility index (Phi) is 4.61. The van der Waals surface area contributed by atoms with Crippen LogP contribution in [0.1, 0.15) is 12.1 Å². The van der Waals surface area contributed by atoms with Crippen LogP contribution in [0.25, 0.3) is 10.9 Å². The van der Waals surface area contributed by atoms with E-state index in [9.17, 15) is 18.5 Å². The standard InChI is InChI=1S/C16H20N4O4S/c1-12-11-15(13-5-3-6-14(20(21)22)16(13)17-12)18-7-4-8-19(10-9-18)25(2,23)24/h3,5-6,11H,4,7-10H2,1-2H3. The first-order valence-electron chi connectivity index (χ1n) is 8.02. The molecule has 1 aliphatic heterocycles. The van der Waals surface area contributed by atoms with Crippen molar-refractivity contribution in [2.24, 2.45) is 0 Å². The minimum Gasteiger partial charge on any atom is -0.370 e. The van der Waals surface area contributed by atoms with Crippen LogP contribution in [0.2, 0.25) is 0 Å². The summed E-state index contributed by atoms with van der Waals surface area (Å²) in [4.78, 5) is 17.3. The molecule has 0 spiro atoms. The van der Waals surface area contributed by atoms with Gasteiger partial charge in [0.05, 0.1) is 11.2 Å². The Bertz CT molecular complexity index is 929. The minimum absolute atomic E-state index is 0.0185. The van der Waals surface area contributed by atoms with Crippen molar-refractivity contribution in [3.8, 4) is 0 Å². The highest BCUT2D eigenvalue weighted by Gasteiger charge is 2.24. The Morgan fingerprint density at radius 2 is 1.96 bits per heavy atom. The molecule has 0 amide bonds. The minimum atomic E-state index is -3.22. The van der Waals surface area contributed by atoms with Gasteiger partial charge in [0.1, 0.15) is 0 Å². The van der Waals surface area contributed by atoms with Crippen molar-refractivity contribution in [2.45, 2.75) is 13.3 Å². The summed E-state index contributed by atoms with van der Waals surface area (Å²) in [5, 5.41) is 12.0. The van der Waals surface area contributed by atoms with E-state index >= 15 is 0 Å². The smallest absolute Gasteiger partial charge is 0.295 e. The van der Waals surface area contributed by atoms with Crippen molar-refractivity contribution in [1.29, 1.82) is 0 Å². The maximum Gasteiger partial charge on any atom is 0.295 e. The zero-order valence-electron chi connectivity index (χ0n) is 14.2. The van der Waals surface area contributed by atoms with Gasteiger partial charge >= 0.3 is 0 Å². The lowest BCUT2D eigenvalue weighted by Crippen LogP contribution is -2.34. The number of anilines is 1. The lowest BCUT2D eigenvalue weighted by molar-refractivity contribution is -0.383. The first kappa shape index (κ1) is 17.6. The van der Waals surface area contributed by atoms with Crippen molar-refractivity contribution < 1.29 is 13.3 Å². The van der Waals surface area contributed by atoms with Gasteiger partial charge in [0.15, 0.2) is 5.52 Å². The zero-order valence-corrected chi connectivity index (χ0v) is 15.0. The topological polar surface area (TPSA) is 96.7 Å². The average molecular weight is 364 g/mol. The van der Waals surface area contributed by atoms with E-state index in [0.29, 0.717) is 49.2 Å². The number of aryl methyl sites for hydroxylation is 1. The molecule has 25 heavy (non-hydrogen) atoms. The van der Waals surface area contributed by atoms with Crippen molar-refractivity contribution >= 4 is 32.3 Å². The molecule has 9 heteroatoms. The summed E-state index contributed by atoms with van der Waals surface area (Å²) in [5.41, 5.74) is 1.91. The largest absolute Gasteiger partial charge is 0.370 e. The molecule has 0 radical (unpaired) electrons. The van der Waals surface area contributed by atoms with Crippen LogP contribution < -0.4 is 4.90 Å². The van der Waals surface area contributed by atoms with Gasteiger partial charge in [0.25, 0.3) is 5.69 Å². The second-order valence-electron chi connectivity index (χ2n) is 6.22. The van der Waals surface area contributed by atoms with E-state index in [0.717, 1.165) is 5.69 Å². The Morgan fingerprint density at radius 3 is 2.64 bits per heavy atom. The number of nitrogens with zero attached hydrogens (tertiary/aromatic N) is 4. The Morgan fingerprint density at radius 1 is 1.20 bits per heavy atom. The molecule has 0 atom stereocenters. The van der Waals surface area contributed by atoms with Crippen molar-refractivity contribution in [3.05, 3.63) is 40.1 Å². The third kappa shape index (κ3) is 3.57. The van der Waals surface area contributed by atoms with Crippen LogP contribution in [0.3, 0.4) is 0 Å². The molecule has 1 aromatic carbocycles. The molecule has 1 fully saturated rings. The maximum absolute atomic E-state index is 11.8.